The number of rotatable bonds is 6. The van der Waals surface area contributed by atoms with E-state index in [1.807, 2.05) is 31.5 Å². The fraction of sp³-hybridized carbons (Fsp3) is 0.647. The van der Waals surface area contributed by atoms with Crippen LogP contribution in [0.2, 0.25) is 0 Å². The molecule has 0 radical (unpaired) electrons. The van der Waals surface area contributed by atoms with Crippen LogP contribution in [0, 0.1) is 11.8 Å². The van der Waals surface area contributed by atoms with Crippen LogP contribution in [-0.4, -0.2) is 36.6 Å². The largest absolute Gasteiger partial charge is 0.371 e. The van der Waals surface area contributed by atoms with Gasteiger partial charge in [0, 0.05) is 37.7 Å². The predicted molar refractivity (Wildman–Crippen MR) is 96.9 cm³/mol. The number of nitrogens with two attached hydrogens (primary N) is 1. The first-order chi connectivity index (χ1) is 10.6. The van der Waals surface area contributed by atoms with E-state index >= 15 is 0 Å². The number of amides is 1. The summed E-state index contributed by atoms with van der Waals surface area (Å²) in [7, 11) is 0. The number of carbonyl (C=O) groups excluding carboxylic acids is 1. The van der Waals surface area contributed by atoms with Crippen molar-refractivity contribution in [2.45, 2.75) is 39.2 Å². The molecule has 6 heteroatoms. The van der Waals surface area contributed by atoms with Crippen molar-refractivity contribution in [2.75, 3.05) is 24.5 Å². The van der Waals surface area contributed by atoms with Crippen LogP contribution in [-0.2, 0) is 4.79 Å². The van der Waals surface area contributed by atoms with Crippen LogP contribution in [0.5, 0.6) is 0 Å². The Balaban J connectivity index is 0.00000264. The fourth-order valence-electron chi connectivity index (χ4n) is 2.83. The molecule has 130 valence electrons. The maximum absolute atomic E-state index is 12.0. The van der Waals surface area contributed by atoms with Gasteiger partial charge >= 0.3 is 0 Å². The first-order valence-electron chi connectivity index (χ1n) is 8.30. The average Bonchev–Trinajstić information content (AvgIpc) is 2.59. The van der Waals surface area contributed by atoms with Gasteiger partial charge in [-0.05, 0) is 36.8 Å². The third kappa shape index (κ3) is 5.66. The summed E-state index contributed by atoms with van der Waals surface area (Å²) in [6.07, 6.45) is 6.79. The van der Waals surface area contributed by atoms with E-state index in [-0.39, 0.29) is 30.3 Å². The highest BCUT2D eigenvalue weighted by molar-refractivity contribution is 5.85. The highest BCUT2D eigenvalue weighted by Gasteiger charge is 2.23. The molecule has 1 aliphatic heterocycles. The minimum atomic E-state index is -0.387. The second kappa shape index (κ2) is 9.73. The first-order valence-corrected chi connectivity index (χ1v) is 8.30. The van der Waals surface area contributed by atoms with E-state index in [1.165, 1.54) is 5.69 Å². The average molecular weight is 341 g/mol. The van der Waals surface area contributed by atoms with Gasteiger partial charge in [-0.3, -0.25) is 9.78 Å². The smallest absolute Gasteiger partial charge is 0.237 e. The van der Waals surface area contributed by atoms with Crippen LogP contribution < -0.4 is 16.0 Å². The summed E-state index contributed by atoms with van der Waals surface area (Å²) in [6, 6.07) is 3.71. The van der Waals surface area contributed by atoms with Gasteiger partial charge in [0.15, 0.2) is 0 Å². The molecule has 1 saturated heterocycles. The van der Waals surface area contributed by atoms with E-state index < -0.39 is 0 Å². The Bertz CT molecular complexity index is 463. The van der Waals surface area contributed by atoms with Crippen molar-refractivity contribution in [1.82, 2.24) is 10.3 Å². The van der Waals surface area contributed by atoms with Crippen molar-refractivity contribution in [1.29, 1.82) is 0 Å². The van der Waals surface area contributed by atoms with Crippen molar-refractivity contribution in [2.24, 2.45) is 17.6 Å². The summed E-state index contributed by atoms with van der Waals surface area (Å²) in [5, 5.41) is 3.03. The molecule has 2 atom stereocenters. The number of aromatic nitrogens is 1. The van der Waals surface area contributed by atoms with E-state index in [9.17, 15) is 4.79 Å². The van der Waals surface area contributed by atoms with Crippen LogP contribution in [0.15, 0.2) is 24.5 Å². The second-order valence-electron chi connectivity index (χ2n) is 6.29. The van der Waals surface area contributed by atoms with E-state index in [0.29, 0.717) is 5.92 Å². The summed E-state index contributed by atoms with van der Waals surface area (Å²) in [6.45, 7) is 6.89. The maximum Gasteiger partial charge on any atom is 0.237 e. The SMILES string of the molecule is CCC(C)C(N)C(=O)NCC1CCN(c2ccncc2)CC1.Cl. The number of pyridine rings is 1. The zero-order valence-corrected chi connectivity index (χ0v) is 14.9. The molecule has 1 aliphatic rings. The third-order valence-electron chi connectivity index (χ3n) is 4.77. The van der Waals surface area contributed by atoms with Gasteiger partial charge in [0.25, 0.3) is 0 Å². The van der Waals surface area contributed by atoms with Gasteiger partial charge in [-0.2, -0.15) is 0 Å². The number of nitrogens with zero attached hydrogens (tertiary/aromatic N) is 2. The lowest BCUT2D eigenvalue weighted by Crippen LogP contribution is -2.47. The summed E-state index contributed by atoms with van der Waals surface area (Å²) in [4.78, 5) is 18.5. The van der Waals surface area contributed by atoms with Crippen molar-refractivity contribution in [3.63, 3.8) is 0 Å². The molecule has 0 aromatic carbocycles. The standard InChI is InChI=1S/C17H28N4O.ClH/c1-3-13(2)16(18)17(22)20-12-14-6-10-21(11-7-14)15-4-8-19-9-5-15;/h4-5,8-9,13-14,16H,3,6-7,10-12,18H2,1-2H3,(H,20,22);1H. The number of hydrogen-bond acceptors (Lipinski definition) is 4. The lowest BCUT2D eigenvalue weighted by Gasteiger charge is -2.33. The van der Waals surface area contributed by atoms with Crippen molar-refractivity contribution in [3.8, 4) is 0 Å². The van der Waals surface area contributed by atoms with E-state index in [2.05, 4.69) is 22.1 Å². The number of carbonyl (C=O) groups is 1. The maximum atomic E-state index is 12.0. The van der Waals surface area contributed by atoms with Crippen molar-refractivity contribution in [3.05, 3.63) is 24.5 Å². The lowest BCUT2D eigenvalue weighted by molar-refractivity contribution is -0.123. The Morgan fingerprint density at radius 2 is 2.00 bits per heavy atom. The quantitative estimate of drug-likeness (QED) is 0.833. The monoisotopic (exact) mass is 340 g/mol. The number of halogens is 1. The van der Waals surface area contributed by atoms with Crippen LogP contribution in [0.3, 0.4) is 0 Å². The minimum absolute atomic E-state index is 0. The van der Waals surface area contributed by atoms with E-state index in [1.54, 1.807) is 0 Å². The van der Waals surface area contributed by atoms with Gasteiger partial charge in [0.2, 0.25) is 5.91 Å². The Hall–Kier alpha value is -1.33. The normalized spacial score (nSPS) is 18.0. The molecule has 0 bridgehead atoms. The van der Waals surface area contributed by atoms with Gasteiger partial charge in [-0.25, -0.2) is 0 Å². The van der Waals surface area contributed by atoms with Gasteiger partial charge < -0.3 is 16.0 Å². The molecule has 1 amide bonds. The Morgan fingerprint density at radius 1 is 1.39 bits per heavy atom. The highest BCUT2D eigenvalue weighted by Crippen LogP contribution is 2.22. The van der Waals surface area contributed by atoms with Crippen LogP contribution in [0.4, 0.5) is 5.69 Å². The van der Waals surface area contributed by atoms with E-state index in [4.69, 9.17) is 5.73 Å². The number of anilines is 1. The van der Waals surface area contributed by atoms with Crippen LogP contribution in [0.1, 0.15) is 33.1 Å². The van der Waals surface area contributed by atoms with Crippen molar-refractivity contribution < 1.29 is 4.79 Å². The van der Waals surface area contributed by atoms with Gasteiger partial charge in [0.1, 0.15) is 0 Å². The minimum Gasteiger partial charge on any atom is -0.371 e. The summed E-state index contributed by atoms with van der Waals surface area (Å²) < 4.78 is 0. The molecule has 0 aliphatic carbocycles. The molecule has 5 nitrogen and oxygen atoms in total. The van der Waals surface area contributed by atoms with Gasteiger partial charge in [0.05, 0.1) is 6.04 Å². The van der Waals surface area contributed by atoms with Gasteiger partial charge in [-0.15, -0.1) is 12.4 Å². The fourth-order valence-corrected chi connectivity index (χ4v) is 2.83. The molecule has 1 fully saturated rings. The molecular weight excluding hydrogens is 312 g/mol. The zero-order valence-electron chi connectivity index (χ0n) is 14.1. The lowest BCUT2D eigenvalue weighted by atomic mass is 9.95. The molecule has 2 heterocycles. The highest BCUT2D eigenvalue weighted by atomic mass is 35.5. The number of hydrogen-bond donors (Lipinski definition) is 2. The van der Waals surface area contributed by atoms with Crippen molar-refractivity contribution >= 4 is 24.0 Å². The number of nitrogens with one attached hydrogen (secondary N) is 1. The molecule has 0 saturated carbocycles. The molecule has 1 aromatic rings. The molecule has 2 unspecified atom stereocenters. The first kappa shape index (κ1) is 19.7. The van der Waals surface area contributed by atoms with Crippen LogP contribution in [0.25, 0.3) is 0 Å². The predicted octanol–water partition coefficient (Wildman–Crippen LogP) is 2.21. The summed E-state index contributed by atoms with van der Waals surface area (Å²) >= 11 is 0. The summed E-state index contributed by atoms with van der Waals surface area (Å²) in [5.41, 5.74) is 7.19. The van der Waals surface area contributed by atoms with Gasteiger partial charge in [-0.1, -0.05) is 20.3 Å². The molecule has 3 N–H and O–H groups in total. The Labute approximate surface area is 145 Å². The Kier molecular flexibility index (Phi) is 8.34. The Morgan fingerprint density at radius 3 is 2.57 bits per heavy atom. The topological polar surface area (TPSA) is 71.2 Å². The summed E-state index contributed by atoms with van der Waals surface area (Å²) in [5.74, 6) is 0.769. The second-order valence-corrected chi connectivity index (χ2v) is 6.29. The zero-order chi connectivity index (χ0) is 15.9. The molecule has 0 spiro atoms. The molecule has 2 rings (SSSR count). The van der Waals surface area contributed by atoms with Crippen LogP contribution >= 0.6 is 12.4 Å². The molecular formula is C17H29ClN4O. The van der Waals surface area contributed by atoms with E-state index in [0.717, 1.165) is 38.9 Å². The molecule has 23 heavy (non-hydrogen) atoms. The number of piperidine rings is 1. The third-order valence-corrected chi connectivity index (χ3v) is 4.77. The molecule has 1 aromatic heterocycles.